The summed E-state index contributed by atoms with van der Waals surface area (Å²) in [5, 5.41) is 0. The number of aldehydes is 1. The maximum Gasteiger partial charge on any atom is 0.195 e. The molecule has 0 fully saturated rings. The molecule has 4 rings (SSSR count). The van der Waals surface area contributed by atoms with Gasteiger partial charge in [0.25, 0.3) is 0 Å². The summed E-state index contributed by atoms with van der Waals surface area (Å²) in [6.07, 6.45) is 1.69. The highest BCUT2D eigenvalue weighted by atomic mass is 32.1. The Morgan fingerprint density at radius 1 is 1.08 bits per heavy atom. The molecule has 5 heteroatoms. The summed E-state index contributed by atoms with van der Waals surface area (Å²) in [6.45, 7) is 2.10. The van der Waals surface area contributed by atoms with Crippen molar-refractivity contribution in [3.05, 3.63) is 71.0 Å². The van der Waals surface area contributed by atoms with E-state index in [0.29, 0.717) is 11.4 Å². The van der Waals surface area contributed by atoms with Gasteiger partial charge in [-0.05, 0) is 36.2 Å². The number of aromatic nitrogens is 2. The van der Waals surface area contributed by atoms with E-state index in [4.69, 9.17) is 0 Å². The van der Waals surface area contributed by atoms with E-state index < -0.39 is 0 Å². The molecule has 0 N–H and O–H groups in total. The average Bonchev–Trinajstić information content (AvgIpc) is 3.18. The topological polar surface area (TPSA) is 34.4 Å². The number of halogens is 1. The molecule has 2 aromatic carbocycles. The van der Waals surface area contributed by atoms with Crippen LogP contribution in [0.1, 0.15) is 22.3 Å². The van der Waals surface area contributed by atoms with Crippen molar-refractivity contribution >= 4 is 22.6 Å². The number of carbonyl (C=O) groups excluding carboxylic acids is 1. The second kappa shape index (κ2) is 6.26. The van der Waals surface area contributed by atoms with Crippen LogP contribution in [0.25, 0.3) is 27.5 Å². The molecule has 0 radical (unpaired) electrons. The van der Waals surface area contributed by atoms with Crippen LogP contribution in [-0.4, -0.2) is 15.7 Å². The summed E-state index contributed by atoms with van der Waals surface area (Å²) in [5.41, 5.74) is 3.87. The smallest absolute Gasteiger partial charge is 0.195 e. The summed E-state index contributed by atoms with van der Waals surface area (Å²) >= 11 is 1.59. The van der Waals surface area contributed by atoms with E-state index in [9.17, 15) is 9.18 Å². The van der Waals surface area contributed by atoms with Crippen molar-refractivity contribution in [2.45, 2.75) is 13.3 Å². The average molecular weight is 350 g/mol. The fourth-order valence-corrected chi connectivity index (χ4v) is 4.12. The van der Waals surface area contributed by atoms with E-state index in [0.717, 1.165) is 34.5 Å². The van der Waals surface area contributed by atoms with Gasteiger partial charge in [0.2, 0.25) is 0 Å². The lowest BCUT2D eigenvalue weighted by atomic mass is 10.1. The van der Waals surface area contributed by atoms with Crippen LogP contribution in [-0.2, 0) is 6.42 Å². The zero-order valence-electron chi connectivity index (χ0n) is 13.6. The third-order valence-electron chi connectivity index (χ3n) is 4.18. The first-order valence-electron chi connectivity index (χ1n) is 8.03. The molecular formula is C20H15FN2OS. The van der Waals surface area contributed by atoms with Gasteiger partial charge in [0.05, 0.1) is 5.69 Å². The second-order valence-electron chi connectivity index (χ2n) is 5.68. The quantitative estimate of drug-likeness (QED) is 0.472. The van der Waals surface area contributed by atoms with Gasteiger partial charge in [0.1, 0.15) is 17.2 Å². The normalized spacial score (nSPS) is 11.1. The number of hydrogen-bond donors (Lipinski definition) is 0. The lowest BCUT2D eigenvalue weighted by Crippen LogP contribution is -1.96. The molecule has 0 spiro atoms. The van der Waals surface area contributed by atoms with Gasteiger partial charge in [-0.2, -0.15) is 0 Å². The molecule has 0 atom stereocenters. The number of aryl methyl sites for hydroxylation is 1. The van der Waals surface area contributed by atoms with E-state index in [2.05, 4.69) is 11.9 Å². The summed E-state index contributed by atoms with van der Waals surface area (Å²) in [5.74, 6) is -0.310. The number of carbonyl (C=O) groups is 1. The van der Waals surface area contributed by atoms with Gasteiger partial charge in [0, 0.05) is 10.4 Å². The third-order valence-corrected chi connectivity index (χ3v) is 5.37. The van der Waals surface area contributed by atoms with Crippen molar-refractivity contribution < 1.29 is 9.18 Å². The molecule has 0 saturated heterocycles. The Kier molecular flexibility index (Phi) is 3.93. The second-order valence-corrected chi connectivity index (χ2v) is 6.74. The number of benzene rings is 2. The number of fused-ring (bicyclic) bond motifs is 1. The summed E-state index contributed by atoms with van der Waals surface area (Å²) in [7, 11) is 0. The SMILES string of the molecule is CCc1sc2nc(-c3ccc(F)cc3)c(C=O)n2c1-c1ccccc1. The predicted molar refractivity (Wildman–Crippen MR) is 98.7 cm³/mol. The number of thiazole rings is 1. The van der Waals surface area contributed by atoms with Crippen LogP contribution in [0.4, 0.5) is 4.39 Å². The van der Waals surface area contributed by atoms with E-state index in [1.807, 2.05) is 34.7 Å². The Morgan fingerprint density at radius 2 is 1.80 bits per heavy atom. The van der Waals surface area contributed by atoms with Crippen LogP contribution in [0.3, 0.4) is 0 Å². The molecule has 0 bridgehead atoms. The van der Waals surface area contributed by atoms with Crippen molar-refractivity contribution in [1.29, 1.82) is 0 Å². The molecule has 0 aliphatic heterocycles. The molecule has 124 valence electrons. The molecule has 0 saturated carbocycles. The number of imidazole rings is 1. The minimum Gasteiger partial charge on any atom is -0.296 e. The standard InChI is InChI=1S/C20H15FN2OS/c1-2-17-19(14-6-4-3-5-7-14)23-16(12-24)18(22-20(23)25-17)13-8-10-15(21)11-9-13/h3-12H,2H2,1H3. The van der Waals surface area contributed by atoms with Crippen LogP contribution >= 0.6 is 11.3 Å². The Hall–Kier alpha value is -2.79. The molecule has 4 aromatic rings. The molecule has 3 nitrogen and oxygen atoms in total. The first kappa shape index (κ1) is 15.7. The van der Waals surface area contributed by atoms with Gasteiger partial charge in [-0.25, -0.2) is 9.37 Å². The van der Waals surface area contributed by atoms with Crippen molar-refractivity contribution in [2.24, 2.45) is 0 Å². The molecule has 0 amide bonds. The maximum atomic E-state index is 13.2. The zero-order chi connectivity index (χ0) is 17.4. The van der Waals surface area contributed by atoms with Crippen LogP contribution in [0.15, 0.2) is 54.6 Å². The van der Waals surface area contributed by atoms with Crippen LogP contribution < -0.4 is 0 Å². The minimum absolute atomic E-state index is 0.310. The monoisotopic (exact) mass is 350 g/mol. The summed E-state index contributed by atoms with van der Waals surface area (Å²) < 4.78 is 15.1. The van der Waals surface area contributed by atoms with Crippen LogP contribution in [0.5, 0.6) is 0 Å². The van der Waals surface area contributed by atoms with Gasteiger partial charge in [-0.3, -0.25) is 9.20 Å². The number of rotatable bonds is 4. The number of hydrogen-bond acceptors (Lipinski definition) is 3. The largest absolute Gasteiger partial charge is 0.296 e. The summed E-state index contributed by atoms with van der Waals surface area (Å²) in [4.78, 5) is 18.5. The minimum atomic E-state index is -0.310. The molecule has 0 aliphatic rings. The lowest BCUT2D eigenvalue weighted by Gasteiger charge is -2.05. The fourth-order valence-electron chi connectivity index (χ4n) is 3.03. The van der Waals surface area contributed by atoms with Crippen molar-refractivity contribution in [3.8, 4) is 22.5 Å². The fraction of sp³-hybridized carbons (Fsp3) is 0.100. The van der Waals surface area contributed by atoms with Crippen LogP contribution in [0.2, 0.25) is 0 Å². The molecule has 0 aliphatic carbocycles. The molecule has 0 unspecified atom stereocenters. The predicted octanol–water partition coefficient (Wildman–Crippen LogP) is 5.24. The lowest BCUT2D eigenvalue weighted by molar-refractivity contribution is 0.111. The number of nitrogens with zero attached hydrogens (tertiary/aromatic N) is 2. The highest BCUT2D eigenvalue weighted by Gasteiger charge is 2.21. The van der Waals surface area contributed by atoms with E-state index in [-0.39, 0.29) is 5.82 Å². The van der Waals surface area contributed by atoms with Gasteiger partial charge < -0.3 is 0 Å². The Morgan fingerprint density at radius 3 is 2.44 bits per heavy atom. The molecule has 2 heterocycles. The maximum absolute atomic E-state index is 13.2. The Bertz CT molecular complexity index is 1050. The third kappa shape index (κ3) is 2.57. The molecule has 2 aromatic heterocycles. The van der Waals surface area contributed by atoms with Crippen molar-refractivity contribution in [1.82, 2.24) is 9.38 Å². The van der Waals surface area contributed by atoms with E-state index >= 15 is 0 Å². The highest BCUT2D eigenvalue weighted by Crippen LogP contribution is 2.36. The van der Waals surface area contributed by atoms with Crippen LogP contribution in [0, 0.1) is 5.82 Å². The van der Waals surface area contributed by atoms with Gasteiger partial charge in [-0.15, -0.1) is 11.3 Å². The molecule has 25 heavy (non-hydrogen) atoms. The van der Waals surface area contributed by atoms with Crippen molar-refractivity contribution in [2.75, 3.05) is 0 Å². The Balaban J connectivity index is 2.02. The molecular weight excluding hydrogens is 335 g/mol. The van der Waals surface area contributed by atoms with Gasteiger partial charge >= 0.3 is 0 Å². The van der Waals surface area contributed by atoms with E-state index in [1.54, 1.807) is 23.5 Å². The van der Waals surface area contributed by atoms with Gasteiger partial charge in [-0.1, -0.05) is 37.3 Å². The first-order valence-corrected chi connectivity index (χ1v) is 8.85. The van der Waals surface area contributed by atoms with Gasteiger partial charge in [0.15, 0.2) is 11.2 Å². The van der Waals surface area contributed by atoms with Crippen molar-refractivity contribution in [3.63, 3.8) is 0 Å². The highest BCUT2D eigenvalue weighted by molar-refractivity contribution is 7.17. The first-order chi connectivity index (χ1) is 12.2. The summed E-state index contributed by atoms with van der Waals surface area (Å²) in [6, 6.07) is 16.1. The zero-order valence-corrected chi connectivity index (χ0v) is 14.4. The Labute approximate surface area is 148 Å². The van der Waals surface area contributed by atoms with E-state index in [1.165, 1.54) is 17.0 Å².